The van der Waals surface area contributed by atoms with Gasteiger partial charge in [0.05, 0.1) is 0 Å². The average Bonchev–Trinajstić information content (AvgIpc) is 2.28. The fraction of sp³-hybridized carbons (Fsp3) is 0.857. The largest absolute Gasteiger partial charge is 0.481 e. The maximum atomic E-state index is 11.8. The summed E-state index contributed by atoms with van der Waals surface area (Å²) in [6, 6.07) is 0. The molecule has 0 spiro atoms. The first-order valence-corrected chi connectivity index (χ1v) is 6.82. The van der Waals surface area contributed by atoms with Crippen molar-refractivity contribution in [2.24, 2.45) is 11.3 Å². The van der Waals surface area contributed by atoms with Gasteiger partial charge in [-0.25, -0.2) is 0 Å². The van der Waals surface area contributed by atoms with E-state index in [1.54, 1.807) is 0 Å². The summed E-state index contributed by atoms with van der Waals surface area (Å²) in [6.45, 7) is 8.75. The van der Waals surface area contributed by atoms with E-state index in [4.69, 9.17) is 5.11 Å². The molecule has 0 rings (SSSR count). The molecule has 1 amide bonds. The molecule has 0 heterocycles. The molecule has 0 saturated heterocycles. The minimum Gasteiger partial charge on any atom is -0.481 e. The Kier molecular flexibility index (Phi) is 7.64. The van der Waals surface area contributed by atoms with E-state index in [2.05, 4.69) is 5.32 Å². The van der Waals surface area contributed by atoms with E-state index < -0.39 is 5.97 Å². The first-order chi connectivity index (χ1) is 8.32. The summed E-state index contributed by atoms with van der Waals surface area (Å²) in [4.78, 5) is 22.3. The molecule has 0 bridgehead atoms. The van der Waals surface area contributed by atoms with E-state index in [-0.39, 0.29) is 23.7 Å². The Morgan fingerprint density at radius 1 is 1.17 bits per heavy atom. The highest BCUT2D eigenvalue weighted by Gasteiger charge is 2.20. The molecule has 18 heavy (non-hydrogen) atoms. The van der Waals surface area contributed by atoms with Gasteiger partial charge in [0.2, 0.25) is 5.91 Å². The molecule has 0 aliphatic heterocycles. The Morgan fingerprint density at radius 3 is 2.17 bits per heavy atom. The third kappa shape index (κ3) is 7.30. The van der Waals surface area contributed by atoms with Crippen molar-refractivity contribution >= 4 is 11.9 Å². The second-order valence-electron chi connectivity index (χ2n) is 5.61. The monoisotopic (exact) mass is 257 g/mol. The zero-order valence-electron chi connectivity index (χ0n) is 12.1. The lowest BCUT2D eigenvalue weighted by Crippen LogP contribution is -2.33. The summed E-state index contributed by atoms with van der Waals surface area (Å²) < 4.78 is 0. The van der Waals surface area contributed by atoms with Gasteiger partial charge in [0.25, 0.3) is 0 Å². The van der Waals surface area contributed by atoms with Crippen molar-refractivity contribution in [1.29, 1.82) is 0 Å². The fourth-order valence-corrected chi connectivity index (χ4v) is 1.90. The molecule has 0 aromatic heterocycles. The first-order valence-electron chi connectivity index (χ1n) is 6.82. The number of amides is 1. The molecule has 0 aromatic rings. The van der Waals surface area contributed by atoms with Gasteiger partial charge in [-0.3, -0.25) is 9.59 Å². The average molecular weight is 257 g/mol. The van der Waals surface area contributed by atoms with Gasteiger partial charge in [-0.05, 0) is 31.1 Å². The maximum absolute atomic E-state index is 11.8. The summed E-state index contributed by atoms with van der Waals surface area (Å²) in [6.07, 6.45) is 3.37. The van der Waals surface area contributed by atoms with E-state index in [1.165, 1.54) is 0 Å². The van der Waals surface area contributed by atoms with Gasteiger partial charge in [0.15, 0.2) is 0 Å². The summed E-state index contributed by atoms with van der Waals surface area (Å²) in [5, 5.41) is 11.6. The van der Waals surface area contributed by atoms with Crippen LogP contribution in [-0.2, 0) is 9.59 Å². The standard InChI is InChI=1S/C14H27NO3/c1-5-11(6-2)13(18)15-10-9-14(3,4)8-7-12(16)17/h11H,5-10H2,1-4H3,(H,15,18)(H,16,17). The number of carbonyl (C=O) groups is 2. The molecule has 0 unspecified atom stereocenters. The van der Waals surface area contributed by atoms with Gasteiger partial charge < -0.3 is 10.4 Å². The van der Waals surface area contributed by atoms with Gasteiger partial charge in [0.1, 0.15) is 0 Å². The summed E-state index contributed by atoms with van der Waals surface area (Å²) >= 11 is 0. The molecule has 4 heteroatoms. The molecule has 0 aliphatic rings. The highest BCUT2D eigenvalue weighted by atomic mass is 16.4. The highest BCUT2D eigenvalue weighted by molar-refractivity contribution is 5.78. The molecule has 0 aliphatic carbocycles. The lowest BCUT2D eigenvalue weighted by molar-refractivity contribution is -0.137. The molecule has 0 atom stereocenters. The predicted molar refractivity (Wildman–Crippen MR) is 72.3 cm³/mol. The molecule has 0 fully saturated rings. The zero-order valence-corrected chi connectivity index (χ0v) is 12.1. The van der Waals surface area contributed by atoms with Crippen molar-refractivity contribution in [3.8, 4) is 0 Å². The Bertz CT molecular complexity index is 270. The molecule has 4 nitrogen and oxygen atoms in total. The van der Waals surface area contributed by atoms with Crippen LogP contribution in [0.3, 0.4) is 0 Å². The van der Waals surface area contributed by atoms with Crippen LogP contribution in [0.2, 0.25) is 0 Å². The number of carboxylic acids is 1. The Balaban J connectivity index is 3.94. The van der Waals surface area contributed by atoms with Crippen LogP contribution in [0.4, 0.5) is 0 Å². The number of aliphatic carboxylic acids is 1. The van der Waals surface area contributed by atoms with Crippen molar-refractivity contribution in [3.05, 3.63) is 0 Å². The smallest absolute Gasteiger partial charge is 0.303 e. The van der Waals surface area contributed by atoms with Crippen molar-refractivity contribution in [2.75, 3.05) is 6.54 Å². The minimum atomic E-state index is -0.760. The number of nitrogens with one attached hydrogen (secondary N) is 1. The van der Waals surface area contributed by atoms with Crippen molar-refractivity contribution < 1.29 is 14.7 Å². The third-order valence-corrected chi connectivity index (χ3v) is 3.47. The molecule has 0 radical (unpaired) electrons. The number of rotatable bonds is 9. The number of carbonyl (C=O) groups excluding carboxylic acids is 1. The van der Waals surface area contributed by atoms with Gasteiger partial charge in [-0.15, -0.1) is 0 Å². The van der Waals surface area contributed by atoms with Gasteiger partial charge in [-0.1, -0.05) is 27.7 Å². The highest BCUT2D eigenvalue weighted by Crippen LogP contribution is 2.26. The SMILES string of the molecule is CCC(CC)C(=O)NCCC(C)(C)CCC(=O)O. The van der Waals surface area contributed by atoms with E-state index in [0.29, 0.717) is 13.0 Å². The number of hydrogen-bond acceptors (Lipinski definition) is 2. The lowest BCUT2D eigenvalue weighted by Gasteiger charge is -2.24. The second kappa shape index (κ2) is 8.11. The van der Waals surface area contributed by atoms with Crippen LogP contribution in [0.5, 0.6) is 0 Å². The summed E-state index contributed by atoms with van der Waals surface area (Å²) in [5.41, 5.74) is -0.0421. The van der Waals surface area contributed by atoms with Gasteiger partial charge in [0, 0.05) is 18.9 Å². The molecule has 0 aromatic carbocycles. The molecule has 106 valence electrons. The van der Waals surface area contributed by atoms with Crippen LogP contribution >= 0.6 is 0 Å². The quantitative estimate of drug-likeness (QED) is 0.667. The number of carboxylic acid groups (broad SMARTS) is 1. The Morgan fingerprint density at radius 2 is 1.72 bits per heavy atom. The maximum Gasteiger partial charge on any atom is 0.303 e. The Labute approximate surface area is 110 Å². The topological polar surface area (TPSA) is 66.4 Å². The lowest BCUT2D eigenvalue weighted by atomic mass is 9.84. The molecule has 0 saturated carbocycles. The molecule has 2 N–H and O–H groups in total. The van der Waals surface area contributed by atoms with E-state index in [9.17, 15) is 9.59 Å². The first kappa shape index (κ1) is 16.9. The normalized spacial score (nSPS) is 11.6. The van der Waals surface area contributed by atoms with Gasteiger partial charge >= 0.3 is 5.97 Å². The predicted octanol–water partition coefficient (Wildman–Crippen LogP) is 2.82. The van der Waals surface area contributed by atoms with Crippen molar-refractivity contribution in [1.82, 2.24) is 5.32 Å². The third-order valence-electron chi connectivity index (χ3n) is 3.47. The summed E-state index contributed by atoms with van der Waals surface area (Å²) in [5.74, 6) is -0.537. The van der Waals surface area contributed by atoms with Gasteiger partial charge in [-0.2, -0.15) is 0 Å². The Hall–Kier alpha value is -1.06. The van der Waals surface area contributed by atoms with Crippen LogP contribution in [0.25, 0.3) is 0 Å². The van der Waals surface area contributed by atoms with E-state index in [0.717, 1.165) is 19.3 Å². The van der Waals surface area contributed by atoms with Crippen LogP contribution in [-0.4, -0.2) is 23.5 Å². The van der Waals surface area contributed by atoms with Crippen LogP contribution in [0, 0.1) is 11.3 Å². The van der Waals surface area contributed by atoms with Crippen molar-refractivity contribution in [2.45, 2.75) is 59.8 Å². The minimum absolute atomic E-state index is 0.0421. The van der Waals surface area contributed by atoms with Crippen molar-refractivity contribution in [3.63, 3.8) is 0 Å². The summed E-state index contributed by atoms with van der Waals surface area (Å²) in [7, 11) is 0. The van der Waals surface area contributed by atoms with Crippen LogP contribution in [0.1, 0.15) is 59.8 Å². The van der Waals surface area contributed by atoms with E-state index >= 15 is 0 Å². The zero-order chi connectivity index (χ0) is 14.2. The van der Waals surface area contributed by atoms with E-state index in [1.807, 2.05) is 27.7 Å². The molecular formula is C14H27NO3. The van der Waals surface area contributed by atoms with Crippen LogP contribution in [0.15, 0.2) is 0 Å². The van der Waals surface area contributed by atoms with Crippen LogP contribution < -0.4 is 5.32 Å². The fourth-order valence-electron chi connectivity index (χ4n) is 1.90. The second-order valence-corrected chi connectivity index (χ2v) is 5.61. The number of hydrogen-bond donors (Lipinski definition) is 2. The molecular weight excluding hydrogens is 230 g/mol.